The van der Waals surface area contributed by atoms with Gasteiger partial charge in [0.25, 0.3) is 0 Å². The van der Waals surface area contributed by atoms with E-state index in [4.69, 9.17) is 0 Å². The summed E-state index contributed by atoms with van der Waals surface area (Å²) in [6.45, 7) is 8.76. The molecule has 4 aliphatic rings. The number of ketones is 1. The van der Waals surface area contributed by atoms with Gasteiger partial charge in [0.1, 0.15) is 0 Å². The molecule has 3 aromatic rings. The van der Waals surface area contributed by atoms with Crippen LogP contribution in [0.5, 0.6) is 0 Å². The van der Waals surface area contributed by atoms with Crippen LogP contribution in [0.4, 0.5) is 5.69 Å². The van der Waals surface area contributed by atoms with Gasteiger partial charge in [0.2, 0.25) is 0 Å². The number of piperazine rings is 1. The highest BCUT2D eigenvalue weighted by Crippen LogP contribution is 2.52. The lowest BCUT2D eigenvalue weighted by molar-refractivity contribution is 0.105. The monoisotopic (exact) mass is 485 g/mol. The number of allylic oxidation sites excluding steroid dienone is 2. The fraction of sp³-hybridized carbons (Fsp3) is 0.333. The molecule has 0 bridgehead atoms. The van der Waals surface area contributed by atoms with Crippen molar-refractivity contribution in [2.45, 2.75) is 44.6 Å². The second kappa shape index (κ2) is 8.16. The number of benzene rings is 3. The number of nitriles is 1. The summed E-state index contributed by atoms with van der Waals surface area (Å²) in [5.74, 6) is 0.120. The van der Waals surface area contributed by atoms with E-state index in [-0.39, 0.29) is 11.2 Å². The zero-order valence-corrected chi connectivity index (χ0v) is 21.6. The SMILES string of the molecule is CC1(C)C2=C(C(=O)c3cc(-c4ccccc4)c(N4CCN(C5CC5)CC4)cc31)c1ccc(C#N)cc1C2. The summed E-state index contributed by atoms with van der Waals surface area (Å²) in [6.07, 6.45) is 3.43. The number of hydrogen-bond donors (Lipinski definition) is 0. The van der Waals surface area contributed by atoms with Crippen molar-refractivity contribution in [3.05, 3.63) is 94.1 Å². The van der Waals surface area contributed by atoms with E-state index in [9.17, 15) is 10.1 Å². The summed E-state index contributed by atoms with van der Waals surface area (Å²) in [5, 5.41) is 9.43. The molecule has 184 valence electrons. The normalized spacial score (nSPS) is 20.4. The minimum Gasteiger partial charge on any atom is -0.368 e. The molecule has 37 heavy (non-hydrogen) atoms. The van der Waals surface area contributed by atoms with Gasteiger partial charge in [0.05, 0.1) is 11.6 Å². The molecule has 4 heteroatoms. The van der Waals surface area contributed by atoms with Crippen molar-refractivity contribution < 1.29 is 4.79 Å². The van der Waals surface area contributed by atoms with Crippen molar-refractivity contribution in [2.24, 2.45) is 0 Å². The van der Waals surface area contributed by atoms with E-state index in [0.29, 0.717) is 5.56 Å². The van der Waals surface area contributed by atoms with Gasteiger partial charge in [-0.2, -0.15) is 5.26 Å². The molecule has 2 fully saturated rings. The van der Waals surface area contributed by atoms with Crippen molar-refractivity contribution >= 4 is 17.0 Å². The number of carbonyl (C=O) groups is 1. The second-order valence-electron chi connectivity index (χ2n) is 11.5. The lowest BCUT2D eigenvalue weighted by Gasteiger charge is -2.40. The molecular weight excluding hydrogens is 454 g/mol. The fourth-order valence-corrected chi connectivity index (χ4v) is 6.76. The van der Waals surface area contributed by atoms with Crippen LogP contribution in [0, 0.1) is 11.3 Å². The van der Waals surface area contributed by atoms with Gasteiger partial charge in [-0.3, -0.25) is 9.69 Å². The first-order valence-electron chi connectivity index (χ1n) is 13.5. The van der Waals surface area contributed by atoms with Gasteiger partial charge in [-0.1, -0.05) is 50.2 Å². The van der Waals surface area contributed by atoms with Crippen LogP contribution in [0.25, 0.3) is 16.7 Å². The van der Waals surface area contributed by atoms with E-state index in [0.717, 1.165) is 77.6 Å². The molecule has 0 radical (unpaired) electrons. The maximum absolute atomic E-state index is 14.2. The summed E-state index contributed by atoms with van der Waals surface area (Å²) in [7, 11) is 0. The van der Waals surface area contributed by atoms with Crippen molar-refractivity contribution in [1.82, 2.24) is 4.90 Å². The van der Waals surface area contributed by atoms with E-state index in [1.54, 1.807) is 0 Å². The Morgan fingerprint density at radius 1 is 0.892 bits per heavy atom. The molecule has 0 spiro atoms. The molecule has 1 aliphatic heterocycles. The first kappa shape index (κ1) is 22.5. The van der Waals surface area contributed by atoms with Crippen LogP contribution in [0.3, 0.4) is 0 Å². The van der Waals surface area contributed by atoms with Crippen LogP contribution in [0.15, 0.2) is 66.2 Å². The van der Waals surface area contributed by atoms with Gasteiger partial charge in [-0.25, -0.2) is 0 Å². The average Bonchev–Trinajstić information content (AvgIpc) is 3.71. The molecule has 0 N–H and O–H groups in total. The molecule has 0 amide bonds. The first-order valence-corrected chi connectivity index (χ1v) is 13.5. The van der Waals surface area contributed by atoms with Crippen molar-refractivity contribution in [1.29, 1.82) is 5.26 Å². The number of anilines is 1. The number of nitrogens with zero attached hydrogens (tertiary/aromatic N) is 3. The second-order valence-corrected chi connectivity index (χ2v) is 11.5. The molecule has 3 aromatic carbocycles. The van der Waals surface area contributed by atoms with Crippen LogP contribution in [-0.4, -0.2) is 42.9 Å². The summed E-state index contributed by atoms with van der Waals surface area (Å²) >= 11 is 0. The minimum atomic E-state index is -0.274. The van der Waals surface area contributed by atoms with E-state index < -0.39 is 0 Å². The van der Waals surface area contributed by atoms with E-state index in [2.05, 4.69) is 66.1 Å². The van der Waals surface area contributed by atoms with Crippen LogP contribution >= 0.6 is 0 Å². The highest BCUT2D eigenvalue weighted by Gasteiger charge is 2.43. The Kier molecular flexibility index (Phi) is 4.97. The highest BCUT2D eigenvalue weighted by molar-refractivity contribution is 6.33. The molecular formula is C33H31N3O. The Balaban J connectivity index is 1.36. The third-order valence-electron chi connectivity index (χ3n) is 9.01. The minimum absolute atomic E-state index is 0.120. The number of rotatable bonds is 3. The van der Waals surface area contributed by atoms with Gasteiger partial charge >= 0.3 is 0 Å². The quantitative estimate of drug-likeness (QED) is 0.457. The van der Waals surface area contributed by atoms with Gasteiger partial charge in [0.15, 0.2) is 5.78 Å². The lowest BCUT2D eigenvalue weighted by atomic mass is 9.67. The number of fused-ring (bicyclic) bond motifs is 3. The van der Waals surface area contributed by atoms with Gasteiger partial charge in [-0.05, 0) is 71.4 Å². The summed E-state index contributed by atoms with van der Waals surface area (Å²) < 4.78 is 0. The standard InChI is InChI=1S/C33H31N3O/c1-33(2)28-19-30(36-14-12-35(13-15-36)24-9-10-24)26(22-6-4-3-5-7-22)18-27(28)32(37)31-25-11-8-21(20-34)16-23(25)17-29(31)33/h3-8,11,16,18-19,24H,9-10,12-15,17H2,1-2H3. The van der Waals surface area contributed by atoms with Crippen LogP contribution in [0.2, 0.25) is 0 Å². The predicted octanol–water partition coefficient (Wildman–Crippen LogP) is 5.99. The smallest absolute Gasteiger partial charge is 0.193 e. The molecule has 3 aliphatic carbocycles. The Hall–Kier alpha value is -3.68. The Labute approximate surface area is 218 Å². The Morgan fingerprint density at radius 3 is 2.35 bits per heavy atom. The highest BCUT2D eigenvalue weighted by atomic mass is 16.1. The molecule has 1 heterocycles. The zero-order chi connectivity index (χ0) is 25.3. The maximum Gasteiger partial charge on any atom is 0.193 e. The number of Topliss-reactive ketones (excluding diaryl/α,β-unsaturated/α-hetero) is 1. The van der Waals surface area contributed by atoms with E-state index >= 15 is 0 Å². The fourth-order valence-electron chi connectivity index (χ4n) is 6.76. The van der Waals surface area contributed by atoms with Crippen molar-refractivity contribution in [3.8, 4) is 17.2 Å². The first-order chi connectivity index (χ1) is 18.0. The van der Waals surface area contributed by atoms with E-state index in [1.807, 2.05) is 24.3 Å². The average molecular weight is 486 g/mol. The molecule has 4 nitrogen and oxygen atoms in total. The van der Waals surface area contributed by atoms with E-state index in [1.165, 1.54) is 24.1 Å². The number of carbonyl (C=O) groups excluding carboxylic acids is 1. The van der Waals surface area contributed by atoms with Crippen LogP contribution in [-0.2, 0) is 11.8 Å². The maximum atomic E-state index is 14.2. The molecule has 1 saturated heterocycles. The number of hydrogen-bond acceptors (Lipinski definition) is 4. The van der Waals surface area contributed by atoms with Gasteiger partial charge in [-0.15, -0.1) is 0 Å². The largest absolute Gasteiger partial charge is 0.368 e. The molecule has 0 atom stereocenters. The van der Waals surface area contributed by atoms with Gasteiger partial charge in [0, 0.05) is 60.0 Å². The Morgan fingerprint density at radius 2 is 1.65 bits per heavy atom. The molecule has 1 saturated carbocycles. The Bertz CT molecular complexity index is 1510. The summed E-state index contributed by atoms with van der Waals surface area (Å²) in [6, 6.07) is 23.8. The van der Waals surface area contributed by atoms with Gasteiger partial charge < -0.3 is 4.90 Å². The molecule has 0 unspecified atom stereocenters. The summed E-state index contributed by atoms with van der Waals surface area (Å²) in [5.41, 5.74) is 10.00. The van der Waals surface area contributed by atoms with Crippen LogP contribution in [0.1, 0.15) is 59.3 Å². The zero-order valence-electron chi connectivity index (χ0n) is 21.6. The molecule has 7 rings (SSSR count). The predicted molar refractivity (Wildman–Crippen MR) is 148 cm³/mol. The summed E-state index contributed by atoms with van der Waals surface area (Å²) in [4.78, 5) is 19.3. The topological polar surface area (TPSA) is 47.3 Å². The van der Waals surface area contributed by atoms with Crippen molar-refractivity contribution in [3.63, 3.8) is 0 Å². The molecule has 0 aromatic heterocycles. The van der Waals surface area contributed by atoms with Crippen LogP contribution < -0.4 is 4.90 Å². The lowest BCUT2D eigenvalue weighted by Crippen LogP contribution is -2.47. The third kappa shape index (κ3) is 3.49. The van der Waals surface area contributed by atoms with Crippen molar-refractivity contribution in [2.75, 3.05) is 31.1 Å². The third-order valence-corrected chi connectivity index (χ3v) is 9.01.